The molecule has 1 aromatic carbocycles. The van der Waals surface area contributed by atoms with Crippen molar-refractivity contribution in [3.05, 3.63) is 47.0 Å². The molecule has 0 saturated heterocycles. The molecule has 0 atom stereocenters. The molecule has 0 aliphatic carbocycles. The first-order chi connectivity index (χ1) is 9.31. The summed E-state index contributed by atoms with van der Waals surface area (Å²) in [5, 5.41) is 13.0. The maximum absolute atomic E-state index is 13.6. The van der Waals surface area contributed by atoms with Crippen molar-refractivity contribution in [3.63, 3.8) is 0 Å². The van der Waals surface area contributed by atoms with E-state index in [2.05, 4.69) is 5.10 Å². The van der Waals surface area contributed by atoms with Crippen molar-refractivity contribution < 1.29 is 23.1 Å². The molecule has 1 heterocycles. The van der Waals surface area contributed by atoms with E-state index in [9.17, 15) is 18.0 Å². The van der Waals surface area contributed by atoms with Gasteiger partial charge in [-0.3, -0.25) is 0 Å². The average molecular weight is 284 g/mol. The maximum atomic E-state index is 13.6. The third-order valence-electron chi connectivity index (χ3n) is 2.76. The van der Waals surface area contributed by atoms with Crippen LogP contribution in [0.15, 0.2) is 18.3 Å². The molecule has 0 bridgehead atoms. The number of aromatic carboxylic acids is 1. The van der Waals surface area contributed by atoms with Crippen molar-refractivity contribution in [2.75, 3.05) is 0 Å². The van der Waals surface area contributed by atoms with Crippen LogP contribution >= 0.6 is 0 Å². The minimum absolute atomic E-state index is 0.107. The van der Waals surface area contributed by atoms with Crippen LogP contribution in [-0.2, 0) is 0 Å². The maximum Gasteiger partial charge on any atom is 0.339 e. The summed E-state index contributed by atoms with van der Waals surface area (Å²) in [6.07, 6.45) is 1.08. The molecule has 20 heavy (non-hydrogen) atoms. The molecule has 0 aliphatic heterocycles. The van der Waals surface area contributed by atoms with Crippen LogP contribution in [0.2, 0.25) is 0 Å². The molecule has 0 radical (unpaired) electrons. The molecular formula is C13H11F3N2O2. The zero-order chi connectivity index (χ0) is 15.0. The lowest BCUT2D eigenvalue weighted by atomic mass is 10.1. The molecular weight excluding hydrogens is 273 g/mol. The number of rotatable bonds is 3. The highest BCUT2D eigenvalue weighted by molar-refractivity contribution is 5.89. The lowest BCUT2D eigenvalue weighted by Gasteiger charge is -2.04. The standard InChI is InChI=1S/C13H11F3N2O2/c1-6(2)12-7(13(19)20)5-18(17-12)11-4-9(15)8(14)3-10(11)16/h3-6H,1-2H3,(H,19,20). The molecule has 2 aromatic rings. The Kier molecular flexibility index (Phi) is 3.52. The Morgan fingerprint density at radius 2 is 1.80 bits per heavy atom. The number of hydrogen-bond donors (Lipinski definition) is 1. The van der Waals surface area contributed by atoms with Gasteiger partial charge >= 0.3 is 5.97 Å². The number of hydrogen-bond acceptors (Lipinski definition) is 2. The van der Waals surface area contributed by atoms with Crippen LogP contribution in [0.4, 0.5) is 13.2 Å². The third-order valence-corrected chi connectivity index (χ3v) is 2.76. The summed E-state index contributed by atoms with van der Waals surface area (Å²) >= 11 is 0. The summed E-state index contributed by atoms with van der Waals surface area (Å²) in [5.41, 5.74) is -0.218. The van der Waals surface area contributed by atoms with Crippen molar-refractivity contribution in [1.29, 1.82) is 0 Å². The van der Waals surface area contributed by atoms with Gasteiger partial charge in [-0.2, -0.15) is 5.10 Å². The second-order valence-corrected chi connectivity index (χ2v) is 4.55. The first-order valence-corrected chi connectivity index (χ1v) is 5.79. The van der Waals surface area contributed by atoms with Crippen LogP contribution in [0.1, 0.15) is 35.8 Å². The SMILES string of the molecule is CC(C)c1nn(-c2cc(F)c(F)cc2F)cc1C(=O)O. The molecule has 106 valence electrons. The van der Waals surface area contributed by atoms with Crippen molar-refractivity contribution in [1.82, 2.24) is 9.78 Å². The summed E-state index contributed by atoms with van der Waals surface area (Å²) in [5.74, 6) is -5.02. The fraction of sp³-hybridized carbons (Fsp3) is 0.231. The quantitative estimate of drug-likeness (QED) is 0.881. The molecule has 4 nitrogen and oxygen atoms in total. The molecule has 7 heteroatoms. The van der Waals surface area contributed by atoms with E-state index in [0.29, 0.717) is 12.1 Å². The predicted molar refractivity (Wildman–Crippen MR) is 64.5 cm³/mol. The van der Waals surface area contributed by atoms with Crippen molar-refractivity contribution in [3.8, 4) is 5.69 Å². The van der Waals surface area contributed by atoms with Crippen molar-refractivity contribution >= 4 is 5.97 Å². The third kappa shape index (κ3) is 2.38. The smallest absolute Gasteiger partial charge is 0.339 e. The number of nitrogens with zero attached hydrogens (tertiary/aromatic N) is 2. The Bertz CT molecular complexity index is 680. The largest absolute Gasteiger partial charge is 0.478 e. The van der Waals surface area contributed by atoms with Gasteiger partial charge in [0.2, 0.25) is 0 Å². The molecule has 0 unspecified atom stereocenters. The van der Waals surface area contributed by atoms with E-state index in [-0.39, 0.29) is 22.9 Å². The van der Waals surface area contributed by atoms with Gasteiger partial charge in [-0.05, 0) is 5.92 Å². The highest BCUT2D eigenvalue weighted by atomic mass is 19.2. The first kappa shape index (κ1) is 14.1. The van der Waals surface area contributed by atoms with Crippen LogP contribution < -0.4 is 0 Å². The Morgan fingerprint density at radius 1 is 1.20 bits per heavy atom. The second-order valence-electron chi connectivity index (χ2n) is 4.55. The highest BCUT2D eigenvalue weighted by Crippen LogP contribution is 2.22. The van der Waals surface area contributed by atoms with Gasteiger partial charge in [-0.1, -0.05) is 13.8 Å². The Labute approximate surface area is 112 Å². The van der Waals surface area contributed by atoms with Crippen molar-refractivity contribution in [2.45, 2.75) is 19.8 Å². The van der Waals surface area contributed by atoms with E-state index < -0.39 is 23.4 Å². The summed E-state index contributed by atoms with van der Waals surface area (Å²) in [6.45, 7) is 3.45. The number of carboxylic acid groups (broad SMARTS) is 1. The minimum atomic E-state index is -1.32. The van der Waals surface area contributed by atoms with Crippen LogP contribution in [0.25, 0.3) is 5.69 Å². The van der Waals surface area contributed by atoms with E-state index in [1.807, 2.05) is 0 Å². The normalized spacial score (nSPS) is 11.1. The topological polar surface area (TPSA) is 55.1 Å². The fourth-order valence-electron chi connectivity index (χ4n) is 1.79. The van der Waals surface area contributed by atoms with E-state index in [1.165, 1.54) is 0 Å². The Morgan fingerprint density at radius 3 is 2.30 bits per heavy atom. The monoisotopic (exact) mass is 284 g/mol. The molecule has 0 saturated carbocycles. The van der Waals surface area contributed by atoms with E-state index in [1.54, 1.807) is 13.8 Å². The molecule has 0 amide bonds. The lowest BCUT2D eigenvalue weighted by molar-refractivity contribution is 0.0695. The van der Waals surface area contributed by atoms with Gasteiger partial charge in [-0.15, -0.1) is 0 Å². The van der Waals surface area contributed by atoms with Crippen LogP contribution in [0.3, 0.4) is 0 Å². The highest BCUT2D eigenvalue weighted by Gasteiger charge is 2.20. The Balaban J connectivity index is 2.62. The van der Waals surface area contributed by atoms with Gasteiger partial charge in [-0.25, -0.2) is 22.6 Å². The molecule has 1 aromatic heterocycles. The van der Waals surface area contributed by atoms with E-state index >= 15 is 0 Å². The molecule has 2 rings (SSSR count). The van der Waals surface area contributed by atoms with Crippen LogP contribution in [0, 0.1) is 17.5 Å². The number of carboxylic acids is 1. The van der Waals surface area contributed by atoms with E-state index in [4.69, 9.17) is 5.11 Å². The molecule has 0 fully saturated rings. The lowest BCUT2D eigenvalue weighted by Crippen LogP contribution is -2.02. The summed E-state index contributed by atoms with van der Waals surface area (Å²) in [4.78, 5) is 11.1. The second kappa shape index (κ2) is 4.99. The zero-order valence-electron chi connectivity index (χ0n) is 10.7. The van der Waals surface area contributed by atoms with Gasteiger partial charge in [0, 0.05) is 18.3 Å². The van der Waals surface area contributed by atoms with Crippen molar-refractivity contribution in [2.24, 2.45) is 0 Å². The van der Waals surface area contributed by atoms with Gasteiger partial charge < -0.3 is 5.11 Å². The van der Waals surface area contributed by atoms with Gasteiger partial charge in [0.1, 0.15) is 11.3 Å². The number of carbonyl (C=O) groups is 1. The minimum Gasteiger partial charge on any atom is -0.478 e. The average Bonchev–Trinajstić information content (AvgIpc) is 2.78. The molecule has 0 aliphatic rings. The first-order valence-electron chi connectivity index (χ1n) is 5.79. The van der Waals surface area contributed by atoms with E-state index in [0.717, 1.165) is 10.9 Å². The van der Waals surface area contributed by atoms with Crippen LogP contribution in [0.5, 0.6) is 0 Å². The number of benzene rings is 1. The van der Waals surface area contributed by atoms with Gasteiger partial charge in [0.15, 0.2) is 17.5 Å². The number of halogens is 3. The number of aromatic nitrogens is 2. The molecule has 1 N–H and O–H groups in total. The van der Waals surface area contributed by atoms with Gasteiger partial charge in [0.05, 0.1) is 5.69 Å². The summed E-state index contributed by atoms with van der Waals surface area (Å²) in [6, 6.07) is 1.02. The molecule has 0 spiro atoms. The summed E-state index contributed by atoms with van der Waals surface area (Å²) in [7, 11) is 0. The Hall–Kier alpha value is -2.31. The van der Waals surface area contributed by atoms with Crippen LogP contribution in [-0.4, -0.2) is 20.9 Å². The summed E-state index contributed by atoms with van der Waals surface area (Å²) < 4.78 is 40.6. The zero-order valence-corrected chi connectivity index (χ0v) is 10.7. The fourth-order valence-corrected chi connectivity index (χ4v) is 1.79. The van der Waals surface area contributed by atoms with Gasteiger partial charge in [0.25, 0.3) is 0 Å². The predicted octanol–water partition coefficient (Wildman–Crippen LogP) is 3.11.